The van der Waals surface area contributed by atoms with Gasteiger partial charge in [0.15, 0.2) is 0 Å². The van der Waals surface area contributed by atoms with E-state index in [9.17, 15) is 0 Å². The van der Waals surface area contributed by atoms with Crippen LogP contribution in [-0.2, 0) is 6.42 Å². The number of rotatable bonds is 1. The maximum absolute atomic E-state index is 6.55. The molecule has 1 fully saturated rings. The highest BCUT2D eigenvalue weighted by Crippen LogP contribution is 2.52. The molecule has 0 aromatic heterocycles. The summed E-state index contributed by atoms with van der Waals surface area (Å²) in [5.41, 5.74) is 9.47. The number of hydrogen-bond donors (Lipinski definition) is 3. The average molecular weight is 317 g/mol. The van der Waals surface area contributed by atoms with Crippen LogP contribution >= 0.6 is 33.4 Å². The fourth-order valence-corrected chi connectivity index (χ4v) is 5.08. The van der Waals surface area contributed by atoms with Crippen molar-refractivity contribution in [2.75, 3.05) is 19.3 Å². The lowest BCUT2D eigenvalue weighted by Crippen LogP contribution is -2.42. The molecular formula is C14H21ClN2S2. The lowest BCUT2D eigenvalue weighted by molar-refractivity contribution is 0.138. The predicted octanol–water partition coefficient (Wildman–Crippen LogP) is 3.37. The molecular weight excluding hydrogens is 296 g/mol. The Kier molecular flexibility index (Phi) is 3.82. The third-order valence-corrected chi connectivity index (χ3v) is 7.00. The SMILES string of the molecule is C[SH](S)N1CCC2(CC1)Cc1cc(Cl)ccc1[C@H]2N. The zero-order chi connectivity index (χ0) is 13.6. The summed E-state index contributed by atoms with van der Waals surface area (Å²) in [4.78, 5) is 0. The molecule has 0 bridgehead atoms. The Morgan fingerprint density at radius 1 is 1.42 bits per heavy atom. The fraction of sp³-hybridized carbons (Fsp3) is 0.571. The first-order valence-electron chi connectivity index (χ1n) is 6.73. The van der Waals surface area contributed by atoms with Crippen molar-refractivity contribution in [2.45, 2.75) is 25.3 Å². The van der Waals surface area contributed by atoms with Gasteiger partial charge in [-0.3, -0.25) is 4.31 Å². The van der Waals surface area contributed by atoms with Gasteiger partial charge in [-0.05, 0) is 54.2 Å². The van der Waals surface area contributed by atoms with Gasteiger partial charge < -0.3 is 5.73 Å². The molecule has 1 unspecified atom stereocenters. The van der Waals surface area contributed by atoms with Crippen LogP contribution in [0.1, 0.15) is 30.0 Å². The highest BCUT2D eigenvalue weighted by atomic mass is 35.5. The van der Waals surface area contributed by atoms with Crippen LogP contribution in [0.2, 0.25) is 5.02 Å². The number of benzene rings is 1. The standard InChI is InChI=1S/C14H21ClN2S2/c1-19(18)17-6-4-14(5-7-17)9-10-8-11(15)2-3-12(10)13(14)16/h2-3,8,13,18-19H,4-7,9,16H2,1H3/t13-/m1/s1. The Hall–Kier alpha value is 0.130. The van der Waals surface area contributed by atoms with E-state index in [1.807, 2.05) is 6.07 Å². The summed E-state index contributed by atoms with van der Waals surface area (Å²) < 4.78 is 2.49. The second-order valence-electron chi connectivity index (χ2n) is 5.80. The summed E-state index contributed by atoms with van der Waals surface area (Å²) in [5.74, 6) is 0. The van der Waals surface area contributed by atoms with Crippen molar-refractivity contribution in [3.05, 3.63) is 34.3 Å². The molecule has 1 aliphatic heterocycles. The maximum Gasteiger partial charge on any atom is 0.0408 e. The Morgan fingerprint density at radius 3 is 2.74 bits per heavy atom. The summed E-state index contributed by atoms with van der Waals surface area (Å²) in [7, 11) is -0.262. The Bertz CT molecular complexity index is 484. The normalized spacial score (nSPS) is 28.4. The van der Waals surface area contributed by atoms with Crippen LogP contribution in [0.5, 0.6) is 0 Å². The maximum atomic E-state index is 6.55. The van der Waals surface area contributed by atoms with Gasteiger partial charge in [0.25, 0.3) is 0 Å². The molecule has 3 rings (SSSR count). The van der Waals surface area contributed by atoms with Crippen molar-refractivity contribution in [1.82, 2.24) is 4.31 Å². The topological polar surface area (TPSA) is 29.3 Å². The second-order valence-corrected chi connectivity index (χ2v) is 9.52. The van der Waals surface area contributed by atoms with Gasteiger partial charge in [0, 0.05) is 24.2 Å². The smallest absolute Gasteiger partial charge is 0.0408 e. The number of thiol groups is 2. The Morgan fingerprint density at radius 2 is 2.11 bits per heavy atom. The van der Waals surface area contributed by atoms with Crippen LogP contribution in [0.15, 0.2) is 18.2 Å². The molecule has 19 heavy (non-hydrogen) atoms. The largest absolute Gasteiger partial charge is 0.323 e. The molecule has 2 aliphatic rings. The van der Waals surface area contributed by atoms with Gasteiger partial charge >= 0.3 is 0 Å². The molecule has 1 heterocycles. The first-order chi connectivity index (χ1) is 9.02. The molecule has 0 amide bonds. The first-order valence-corrected chi connectivity index (χ1v) is 10.0. The van der Waals surface area contributed by atoms with Gasteiger partial charge in [0.2, 0.25) is 0 Å². The van der Waals surface area contributed by atoms with Crippen molar-refractivity contribution in [3.8, 4) is 0 Å². The molecule has 5 heteroatoms. The van der Waals surface area contributed by atoms with Crippen LogP contribution in [0.3, 0.4) is 0 Å². The molecule has 1 aromatic carbocycles. The lowest BCUT2D eigenvalue weighted by atomic mass is 9.73. The summed E-state index contributed by atoms with van der Waals surface area (Å²) in [6, 6.07) is 6.36. The van der Waals surface area contributed by atoms with Gasteiger partial charge in [-0.1, -0.05) is 17.7 Å². The Balaban J connectivity index is 1.82. The van der Waals surface area contributed by atoms with E-state index in [0.29, 0.717) is 0 Å². The summed E-state index contributed by atoms with van der Waals surface area (Å²) in [5, 5.41) is 0.827. The lowest BCUT2D eigenvalue weighted by Gasteiger charge is -2.44. The molecule has 2 atom stereocenters. The van der Waals surface area contributed by atoms with Crippen LogP contribution in [-0.4, -0.2) is 23.7 Å². The van der Waals surface area contributed by atoms with E-state index >= 15 is 0 Å². The number of piperidine rings is 1. The van der Waals surface area contributed by atoms with E-state index in [4.69, 9.17) is 17.3 Å². The highest BCUT2D eigenvalue weighted by molar-refractivity contribution is 8.76. The number of fused-ring (bicyclic) bond motifs is 1. The van der Waals surface area contributed by atoms with Crippen molar-refractivity contribution in [3.63, 3.8) is 0 Å². The van der Waals surface area contributed by atoms with E-state index in [0.717, 1.165) is 24.5 Å². The molecule has 106 valence electrons. The van der Waals surface area contributed by atoms with Crippen molar-refractivity contribution in [2.24, 2.45) is 11.1 Å². The monoisotopic (exact) mass is 316 g/mol. The van der Waals surface area contributed by atoms with Gasteiger partial charge in [-0.25, -0.2) is 0 Å². The minimum Gasteiger partial charge on any atom is -0.323 e. The van der Waals surface area contributed by atoms with Crippen LogP contribution < -0.4 is 5.73 Å². The molecule has 1 aliphatic carbocycles. The molecule has 2 N–H and O–H groups in total. The van der Waals surface area contributed by atoms with Crippen molar-refractivity contribution in [1.29, 1.82) is 0 Å². The van der Waals surface area contributed by atoms with E-state index in [2.05, 4.69) is 34.4 Å². The third kappa shape index (κ3) is 2.42. The predicted molar refractivity (Wildman–Crippen MR) is 89.2 cm³/mol. The van der Waals surface area contributed by atoms with Crippen LogP contribution in [0.4, 0.5) is 0 Å². The zero-order valence-electron chi connectivity index (χ0n) is 11.1. The number of halogens is 1. The second kappa shape index (κ2) is 5.15. The molecule has 1 aromatic rings. The number of hydrogen-bond acceptors (Lipinski definition) is 3. The molecule has 0 saturated carbocycles. The van der Waals surface area contributed by atoms with E-state index < -0.39 is 0 Å². The average Bonchev–Trinajstić information content (AvgIpc) is 2.63. The first kappa shape index (κ1) is 14.1. The van der Waals surface area contributed by atoms with E-state index in [-0.39, 0.29) is 21.6 Å². The van der Waals surface area contributed by atoms with E-state index in [1.165, 1.54) is 24.0 Å². The quantitative estimate of drug-likeness (QED) is 0.548. The Labute approximate surface area is 128 Å². The van der Waals surface area contributed by atoms with Crippen molar-refractivity contribution >= 4 is 33.4 Å². The summed E-state index contributed by atoms with van der Waals surface area (Å²) in [6.45, 7) is 2.25. The minimum absolute atomic E-state index is 0.171. The third-order valence-electron chi connectivity index (χ3n) is 4.79. The number of nitrogens with two attached hydrogens (primary N) is 1. The van der Waals surface area contributed by atoms with Crippen LogP contribution in [0, 0.1) is 5.41 Å². The minimum atomic E-state index is -0.262. The summed E-state index contributed by atoms with van der Waals surface area (Å²) >= 11 is 10.7. The summed E-state index contributed by atoms with van der Waals surface area (Å²) in [6.07, 6.45) is 5.65. The molecule has 1 saturated heterocycles. The fourth-order valence-electron chi connectivity index (χ4n) is 3.57. The number of nitrogens with zero attached hydrogens (tertiary/aromatic N) is 1. The highest BCUT2D eigenvalue weighted by Gasteiger charge is 2.45. The molecule has 0 radical (unpaired) electrons. The van der Waals surface area contributed by atoms with Gasteiger partial charge in [-0.15, -0.1) is 11.7 Å². The molecule has 1 spiro atoms. The molecule has 2 nitrogen and oxygen atoms in total. The zero-order valence-corrected chi connectivity index (χ0v) is 13.7. The van der Waals surface area contributed by atoms with Gasteiger partial charge in [-0.2, -0.15) is 10.1 Å². The van der Waals surface area contributed by atoms with Crippen LogP contribution in [0.25, 0.3) is 0 Å². The van der Waals surface area contributed by atoms with E-state index in [1.54, 1.807) is 0 Å². The van der Waals surface area contributed by atoms with Crippen molar-refractivity contribution < 1.29 is 0 Å². The van der Waals surface area contributed by atoms with Gasteiger partial charge in [0.1, 0.15) is 0 Å². The van der Waals surface area contributed by atoms with Gasteiger partial charge in [0.05, 0.1) is 0 Å².